The van der Waals surface area contributed by atoms with Gasteiger partial charge in [-0.05, 0) is 39.2 Å². The zero-order valence-corrected chi connectivity index (χ0v) is 16.0. The van der Waals surface area contributed by atoms with Gasteiger partial charge in [0.25, 0.3) is 0 Å². The van der Waals surface area contributed by atoms with Gasteiger partial charge in [0.15, 0.2) is 5.54 Å². The van der Waals surface area contributed by atoms with Gasteiger partial charge in [0.2, 0.25) is 0 Å². The molecule has 1 aromatic rings. The van der Waals surface area contributed by atoms with Gasteiger partial charge in [0.05, 0.1) is 32.0 Å². The first kappa shape index (κ1) is 20.2. The lowest BCUT2D eigenvalue weighted by atomic mass is 9.90. The summed E-state index contributed by atoms with van der Waals surface area (Å²) < 4.78 is 16.9. The van der Waals surface area contributed by atoms with Gasteiger partial charge in [-0.2, -0.15) is 5.26 Å². The fourth-order valence-electron chi connectivity index (χ4n) is 2.76. The van der Waals surface area contributed by atoms with Crippen LogP contribution in [0.3, 0.4) is 0 Å². The molecule has 0 bridgehead atoms. The van der Waals surface area contributed by atoms with Crippen molar-refractivity contribution < 1.29 is 19.0 Å². The number of hydrogen-bond donors (Lipinski definition) is 0. The van der Waals surface area contributed by atoms with Crippen LogP contribution in [0.1, 0.15) is 39.2 Å². The molecule has 2 atom stereocenters. The Labute approximate surface area is 155 Å². The molecular formula is C20H28N2O4. The van der Waals surface area contributed by atoms with E-state index in [1.54, 1.807) is 27.8 Å². The molecule has 2 rings (SSSR count). The van der Waals surface area contributed by atoms with Crippen LogP contribution in [-0.4, -0.2) is 48.5 Å². The van der Waals surface area contributed by atoms with Crippen LogP contribution >= 0.6 is 0 Å². The maximum Gasteiger partial charge on any atom is 0.411 e. The highest BCUT2D eigenvalue weighted by Crippen LogP contribution is 2.29. The van der Waals surface area contributed by atoms with E-state index in [2.05, 4.69) is 6.07 Å². The molecule has 1 heterocycles. The highest BCUT2D eigenvalue weighted by atomic mass is 16.6. The standard InChI is InChI=1S/C20H28N2O4/c1-19(2,3)26-18(23)22(4)20(14-21)11-10-17(25-15-20)13-24-12-16-8-6-5-7-9-16/h5-9,17H,10-13,15H2,1-4H3/t17-,20-/m0/s1. The molecule has 0 saturated carbocycles. The molecule has 1 amide bonds. The summed E-state index contributed by atoms with van der Waals surface area (Å²) in [4.78, 5) is 13.7. The second kappa shape index (κ2) is 8.52. The predicted octanol–water partition coefficient (Wildman–Crippen LogP) is 3.51. The first-order valence-corrected chi connectivity index (χ1v) is 8.87. The van der Waals surface area contributed by atoms with E-state index in [4.69, 9.17) is 14.2 Å². The van der Waals surface area contributed by atoms with Crippen molar-refractivity contribution in [2.45, 2.75) is 57.5 Å². The van der Waals surface area contributed by atoms with E-state index < -0.39 is 17.2 Å². The molecule has 0 radical (unpaired) electrons. The molecule has 0 N–H and O–H groups in total. The minimum Gasteiger partial charge on any atom is -0.444 e. The number of carbonyl (C=O) groups is 1. The lowest BCUT2D eigenvalue weighted by Crippen LogP contribution is -2.56. The lowest BCUT2D eigenvalue weighted by molar-refractivity contribution is -0.0913. The highest BCUT2D eigenvalue weighted by molar-refractivity contribution is 5.69. The van der Waals surface area contributed by atoms with Crippen LogP contribution in [0.5, 0.6) is 0 Å². The van der Waals surface area contributed by atoms with Crippen molar-refractivity contribution >= 4 is 6.09 Å². The molecule has 0 aliphatic carbocycles. The SMILES string of the molecule is CN(C(=O)OC(C)(C)C)[C@]1(C#N)CC[C@@H](COCc2ccccc2)OC1. The molecule has 1 aliphatic rings. The monoisotopic (exact) mass is 360 g/mol. The number of likely N-dealkylation sites (N-methyl/N-ethyl adjacent to an activating group) is 1. The van der Waals surface area contributed by atoms with Crippen molar-refractivity contribution in [2.75, 3.05) is 20.3 Å². The van der Waals surface area contributed by atoms with E-state index in [1.165, 1.54) is 4.90 Å². The van der Waals surface area contributed by atoms with Crippen LogP contribution in [0.4, 0.5) is 4.79 Å². The van der Waals surface area contributed by atoms with Crippen molar-refractivity contribution in [3.8, 4) is 6.07 Å². The van der Waals surface area contributed by atoms with Gasteiger partial charge >= 0.3 is 6.09 Å². The van der Waals surface area contributed by atoms with E-state index in [0.717, 1.165) is 5.56 Å². The molecule has 0 aromatic heterocycles. The number of benzene rings is 1. The molecule has 26 heavy (non-hydrogen) atoms. The summed E-state index contributed by atoms with van der Waals surface area (Å²) in [5.41, 5.74) is -0.497. The Morgan fingerprint density at radius 1 is 1.38 bits per heavy atom. The number of amides is 1. The third-order valence-electron chi connectivity index (χ3n) is 4.37. The Morgan fingerprint density at radius 2 is 2.08 bits per heavy atom. The van der Waals surface area contributed by atoms with Crippen LogP contribution in [0, 0.1) is 11.3 Å². The molecule has 0 spiro atoms. The van der Waals surface area contributed by atoms with Gasteiger partial charge in [-0.1, -0.05) is 30.3 Å². The topological polar surface area (TPSA) is 71.8 Å². The summed E-state index contributed by atoms with van der Waals surface area (Å²) in [7, 11) is 1.59. The second-order valence-electron chi connectivity index (χ2n) is 7.66. The molecule has 1 saturated heterocycles. The van der Waals surface area contributed by atoms with Crippen molar-refractivity contribution in [1.82, 2.24) is 4.90 Å². The minimum atomic E-state index is -1.00. The number of carbonyl (C=O) groups excluding carboxylic acids is 1. The average molecular weight is 360 g/mol. The summed E-state index contributed by atoms with van der Waals surface area (Å²) in [5.74, 6) is 0. The van der Waals surface area contributed by atoms with Crippen LogP contribution < -0.4 is 0 Å². The summed E-state index contributed by atoms with van der Waals surface area (Å²) in [6.07, 6.45) is 0.585. The van der Waals surface area contributed by atoms with Crippen LogP contribution in [0.15, 0.2) is 30.3 Å². The molecule has 0 unspecified atom stereocenters. The van der Waals surface area contributed by atoms with E-state index in [9.17, 15) is 10.1 Å². The van der Waals surface area contributed by atoms with E-state index in [-0.39, 0.29) is 12.7 Å². The zero-order chi connectivity index (χ0) is 19.2. The first-order valence-electron chi connectivity index (χ1n) is 8.87. The van der Waals surface area contributed by atoms with Gasteiger partial charge in [-0.15, -0.1) is 0 Å². The minimum absolute atomic E-state index is 0.0766. The van der Waals surface area contributed by atoms with E-state index >= 15 is 0 Å². The van der Waals surface area contributed by atoms with Gasteiger partial charge < -0.3 is 14.2 Å². The van der Waals surface area contributed by atoms with Crippen molar-refractivity contribution in [3.05, 3.63) is 35.9 Å². The molecule has 142 valence electrons. The number of ether oxygens (including phenoxy) is 3. The number of nitriles is 1. The summed E-state index contributed by atoms with van der Waals surface area (Å²) in [6.45, 7) is 6.55. The molecular weight excluding hydrogens is 332 g/mol. The Hall–Kier alpha value is -2.10. The van der Waals surface area contributed by atoms with Gasteiger partial charge in [-0.3, -0.25) is 4.90 Å². The fourth-order valence-corrected chi connectivity index (χ4v) is 2.76. The van der Waals surface area contributed by atoms with Crippen molar-refractivity contribution in [2.24, 2.45) is 0 Å². The van der Waals surface area contributed by atoms with Gasteiger partial charge in [0, 0.05) is 7.05 Å². The highest BCUT2D eigenvalue weighted by Gasteiger charge is 2.43. The predicted molar refractivity (Wildman–Crippen MR) is 97.4 cm³/mol. The molecule has 6 nitrogen and oxygen atoms in total. The van der Waals surface area contributed by atoms with Crippen molar-refractivity contribution in [1.29, 1.82) is 5.26 Å². The normalized spacial score (nSPS) is 23.1. The van der Waals surface area contributed by atoms with Gasteiger partial charge in [0.1, 0.15) is 5.60 Å². The Bertz CT molecular complexity index is 625. The maximum atomic E-state index is 12.3. The number of nitrogens with zero attached hydrogens (tertiary/aromatic N) is 2. The Balaban J connectivity index is 1.84. The molecule has 1 aromatic carbocycles. The Kier molecular flexibility index (Phi) is 6.63. The number of rotatable bonds is 5. The smallest absolute Gasteiger partial charge is 0.411 e. The second-order valence-corrected chi connectivity index (χ2v) is 7.66. The largest absolute Gasteiger partial charge is 0.444 e. The molecule has 1 fully saturated rings. The summed E-state index contributed by atoms with van der Waals surface area (Å²) in [5, 5.41) is 9.66. The average Bonchev–Trinajstić information content (AvgIpc) is 2.61. The van der Waals surface area contributed by atoms with E-state index in [1.807, 2.05) is 30.3 Å². The first-order chi connectivity index (χ1) is 12.3. The number of hydrogen-bond acceptors (Lipinski definition) is 5. The third kappa shape index (κ3) is 5.45. The lowest BCUT2D eigenvalue weighted by Gasteiger charge is -2.41. The quantitative estimate of drug-likeness (QED) is 0.803. The summed E-state index contributed by atoms with van der Waals surface area (Å²) in [6, 6.07) is 12.2. The summed E-state index contributed by atoms with van der Waals surface area (Å²) >= 11 is 0. The van der Waals surface area contributed by atoms with Crippen LogP contribution in [-0.2, 0) is 20.8 Å². The third-order valence-corrected chi connectivity index (χ3v) is 4.37. The van der Waals surface area contributed by atoms with Crippen LogP contribution in [0.25, 0.3) is 0 Å². The molecule has 6 heteroatoms. The van der Waals surface area contributed by atoms with Crippen LogP contribution in [0.2, 0.25) is 0 Å². The van der Waals surface area contributed by atoms with E-state index in [0.29, 0.717) is 26.1 Å². The van der Waals surface area contributed by atoms with Crippen molar-refractivity contribution in [3.63, 3.8) is 0 Å². The fraction of sp³-hybridized carbons (Fsp3) is 0.600. The van der Waals surface area contributed by atoms with Gasteiger partial charge in [-0.25, -0.2) is 4.79 Å². The maximum absolute atomic E-state index is 12.3. The molecule has 1 aliphatic heterocycles. The Morgan fingerprint density at radius 3 is 2.62 bits per heavy atom. The zero-order valence-electron chi connectivity index (χ0n) is 16.0.